The Balaban J connectivity index is 1.18. The van der Waals surface area contributed by atoms with Crippen molar-refractivity contribution in [2.45, 2.75) is 6.29 Å². The van der Waals surface area contributed by atoms with Gasteiger partial charge in [0.1, 0.15) is 5.69 Å². The first-order valence-corrected chi connectivity index (χ1v) is 10.7. The van der Waals surface area contributed by atoms with Gasteiger partial charge in [0.15, 0.2) is 6.29 Å². The summed E-state index contributed by atoms with van der Waals surface area (Å²) in [6.45, 7) is 0. The highest BCUT2D eigenvalue weighted by atomic mass is 16.2. The number of rotatable bonds is 4. The lowest BCUT2D eigenvalue weighted by Gasteiger charge is -2.14. The average Bonchev–Trinajstić information content (AvgIpc) is 3.46. The second-order valence-corrected chi connectivity index (χ2v) is 7.90. The van der Waals surface area contributed by atoms with Gasteiger partial charge in [-0.25, -0.2) is 4.98 Å². The number of H-pyrrole nitrogens is 1. The average molecular weight is 449 g/mol. The summed E-state index contributed by atoms with van der Waals surface area (Å²) in [4.78, 5) is 37.5. The van der Waals surface area contributed by atoms with Gasteiger partial charge in [-0.05, 0) is 35.7 Å². The summed E-state index contributed by atoms with van der Waals surface area (Å²) >= 11 is 0. The number of benzene rings is 3. The number of carbonyl (C=O) groups excluding carboxylic acids is 2. The fourth-order valence-electron chi connectivity index (χ4n) is 4.03. The van der Waals surface area contributed by atoms with Crippen molar-refractivity contribution in [3.8, 4) is 0 Å². The second-order valence-electron chi connectivity index (χ2n) is 7.90. The first-order valence-electron chi connectivity index (χ1n) is 10.7. The number of para-hydroxylation sites is 3. The second kappa shape index (κ2) is 7.89. The molecule has 1 aliphatic rings. The van der Waals surface area contributed by atoms with Crippen molar-refractivity contribution in [2.24, 2.45) is 0 Å². The van der Waals surface area contributed by atoms with Crippen LogP contribution in [0, 0.1) is 0 Å². The third-order valence-corrected chi connectivity index (χ3v) is 5.66. The van der Waals surface area contributed by atoms with E-state index in [1.54, 1.807) is 24.4 Å². The van der Waals surface area contributed by atoms with Crippen molar-refractivity contribution in [1.29, 1.82) is 0 Å². The molecule has 0 saturated carbocycles. The summed E-state index contributed by atoms with van der Waals surface area (Å²) in [6, 6.07) is 22.3. The number of aromatic nitrogens is 3. The van der Waals surface area contributed by atoms with Gasteiger partial charge in [-0.3, -0.25) is 19.9 Å². The molecule has 0 radical (unpaired) electrons. The minimum Gasteiger partial charge on any atom is -0.347 e. The maximum Gasteiger partial charge on any atom is 0.272 e. The van der Waals surface area contributed by atoms with Crippen LogP contribution in [0.5, 0.6) is 0 Å². The van der Waals surface area contributed by atoms with Crippen LogP contribution in [0.4, 0.5) is 17.3 Å². The van der Waals surface area contributed by atoms with E-state index >= 15 is 0 Å². The molecule has 0 bridgehead atoms. The van der Waals surface area contributed by atoms with Crippen molar-refractivity contribution in [3.05, 3.63) is 90.3 Å². The lowest BCUT2D eigenvalue weighted by Crippen LogP contribution is -2.43. The van der Waals surface area contributed by atoms with Crippen LogP contribution in [0.1, 0.15) is 20.8 Å². The van der Waals surface area contributed by atoms with Crippen LogP contribution in [0.15, 0.2) is 79.0 Å². The molecule has 9 heteroatoms. The topological polar surface area (TPSA) is 124 Å². The highest BCUT2D eigenvalue weighted by Gasteiger charge is 2.26. The van der Waals surface area contributed by atoms with Crippen molar-refractivity contribution in [3.63, 3.8) is 0 Å². The predicted octanol–water partition coefficient (Wildman–Crippen LogP) is 3.91. The molecule has 5 aromatic rings. The van der Waals surface area contributed by atoms with Crippen LogP contribution in [-0.2, 0) is 0 Å². The molecule has 9 nitrogen and oxygen atoms in total. The molecule has 34 heavy (non-hydrogen) atoms. The summed E-state index contributed by atoms with van der Waals surface area (Å²) in [5, 5.41) is 13.9. The number of hydrogen-bond donors (Lipinski definition) is 5. The van der Waals surface area contributed by atoms with Gasteiger partial charge < -0.3 is 20.9 Å². The van der Waals surface area contributed by atoms with E-state index in [2.05, 4.69) is 36.2 Å². The van der Waals surface area contributed by atoms with E-state index < -0.39 is 6.29 Å². The van der Waals surface area contributed by atoms with E-state index in [0.29, 0.717) is 28.6 Å². The first kappa shape index (κ1) is 19.7. The van der Waals surface area contributed by atoms with Gasteiger partial charge in [0.05, 0.1) is 28.0 Å². The highest BCUT2D eigenvalue weighted by Crippen LogP contribution is 2.32. The summed E-state index contributed by atoms with van der Waals surface area (Å²) in [7, 11) is 0. The van der Waals surface area contributed by atoms with Gasteiger partial charge in [-0.15, -0.1) is 0 Å². The van der Waals surface area contributed by atoms with Crippen molar-refractivity contribution in [2.75, 3.05) is 16.0 Å². The predicted molar refractivity (Wildman–Crippen MR) is 131 cm³/mol. The normalized spacial score (nSPS) is 14.3. The first-order chi connectivity index (χ1) is 16.6. The number of imidazole rings is 1. The Bertz CT molecular complexity index is 1540. The molecule has 1 atom stereocenters. The Kier molecular flexibility index (Phi) is 4.58. The lowest BCUT2D eigenvalue weighted by molar-refractivity contribution is 0.0941. The van der Waals surface area contributed by atoms with E-state index in [1.807, 2.05) is 54.6 Å². The molecule has 0 saturated heterocycles. The molecule has 0 spiro atoms. The molecule has 1 aliphatic heterocycles. The zero-order valence-corrected chi connectivity index (χ0v) is 17.8. The molecule has 166 valence electrons. The van der Waals surface area contributed by atoms with Crippen molar-refractivity contribution in [1.82, 2.24) is 20.3 Å². The van der Waals surface area contributed by atoms with Gasteiger partial charge in [0, 0.05) is 11.6 Å². The monoisotopic (exact) mass is 449 g/mol. The van der Waals surface area contributed by atoms with Crippen LogP contribution in [0.3, 0.4) is 0 Å². The lowest BCUT2D eigenvalue weighted by atomic mass is 10.1. The van der Waals surface area contributed by atoms with Crippen molar-refractivity contribution >= 4 is 50.9 Å². The number of hydrogen-bond acceptors (Lipinski definition) is 6. The van der Waals surface area contributed by atoms with Gasteiger partial charge in [0.25, 0.3) is 11.8 Å². The van der Waals surface area contributed by atoms with Gasteiger partial charge in [-0.1, -0.05) is 42.5 Å². The molecule has 0 fully saturated rings. The Morgan fingerprint density at radius 3 is 2.56 bits per heavy atom. The molecular weight excluding hydrogens is 430 g/mol. The van der Waals surface area contributed by atoms with Crippen molar-refractivity contribution < 1.29 is 9.59 Å². The Labute approximate surface area is 193 Å². The molecule has 3 aromatic carbocycles. The Morgan fingerprint density at radius 2 is 1.68 bits per heavy atom. The number of anilines is 3. The van der Waals surface area contributed by atoms with Gasteiger partial charge in [-0.2, -0.15) is 0 Å². The molecular formula is C25H19N7O2. The van der Waals surface area contributed by atoms with E-state index in [1.165, 1.54) is 0 Å². The van der Waals surface area contributed by atoms with Crippen LogP contribution >= 0.6 is 0 Å². The number of amides is 2. The maximum absolute atomic E-state index is 13.0. The fraction of sp³-hybridized carbons (Fsp3) is 0.0400. The molecule has 6 rings (SSSR count). The van der Waals surface area contributed by atoms with E-state index in [4.69, 9.17) is 0 Å². The number of nitrogens with one attached hydrogen (secondary N) is 5. The number of aromatic amines is 1. The zero-order chi connectivity index (χ0) is 23.1. The fourth-order valence-corrected chi connectivity index (χ4v) is 4.03. The molecule has 2 amide bonds. The minimum absolute atomic E-state index is 0.307. The molecule has 2 aromatic heterocycles. The SMILES string of the molecule is O=C(NC1Nc2cccc(C(=O)Nc3nc4ccccc4[nH]3)c2N1)c1cc2ccccc2cn1. The van der Waals surface area contributed by atoms with Crippen LogP contribution in [-0.4, -0.2) is 33.1 Å². The summed E-state index contributed by atoms with van der Waals surface area (Å²) < 4.78 is 0. The Hall–Kier alpha value is -4.92. The molecule has 5 N–H and O–H groups in total. The third kappa shape index (κ3) is 3.55. The van der Waals surface area contributed by atoms with Crippen LogP contribution in [0.2, 0.25) is 0 Å². The maximum atomic E-state index is 13.0. The number of fused-ring (bicyclic) bond motifs is 3. The summed E-state index contributed by atoms with van der Waals surface area (Å²) in [5.41, 5.74) is 3.62. The Morgan fingerprint density at radius 1 is 0.853 bits per heavy atom. The van der Waals surface area contributed by atoms with E-state index in [0.717, 1.165) is 21.8 Å². The molecule has 0 aliphatic carbocycles. The standard InChI is InChI=1S/C25H19N7O2/c33-22(31-24-27-17-9-3-4-10-18(17)28-24)16-8-5-11-19-21(16)30-25(29-19)32-23(34)20-12-14-6-1-2-7-15(14)13-26-20/h1-13,25,29-30H,(H,32,34)(H2,27,28,31,33). The van der Waals surface area contributed by atoms with Gasteiger partial charge >= 0.3 is 0 Å². The van der Waals surface area contributed by atoms with Gasteiger partial charge in [0.2, 0.25) is 5.95 Å². The quantitative estimate of drug-likeness (QED) is 0.283. The summed E-state index contributed by atoms with van der Waals surface area (Å²) in [5.74, 6) is -0.299. The largest absolute Gasteiger partial charge is 0.347 e. The number of carbonyl (C=O) groups is 2. The zero-order valence-electron chi connectivity index (χ0n) is 17.8. The smallest absolute Gasteiger partial charge is 0.272 e. The molecule has 1 unspecified atom stereocenters. The van der Waals surface area contributed by atoms with Crippen LogP contribution in [0.25, 0.3) is 21.8 Å². The summed E-state index contributed by atoms with van der Waals surface area (Å²) in [6.07, 6.45) is 1.07. The molecule has 3 heterocycles. The van der Waals surface area contributed by atoms with Crippen LogP contribution < -0.4 is 21.3 Å². The van der Waals surface area contributed by atoms with E-state index in [-0.39, 0.29) is 11.8 Å². The number of nitrogens with zero attached hydrogens (tertiary/aromatic N) is 2. The minimum atomic E-state index is -0.601. The highest BCUT2D eigenvalue weighted by molar-refractivity contribution is 6.10. The third-order valence-electron chi connectivity index (χ3n) is 5.66. The number of pyridine rings is 1. The van der Waals surface area contributed by atoms with E-state index in [9.17, 15) is 9.59 Å².